The van der Waals surface area contributed by atoms with Crippen molar-refractivity contribution in [2.45, 2.75) is 65.3 Å². The lowest BCUT2D eigenvalue weighted by molar-refractivity contribution is -0.146. The number of amides is 2. The Bertz CT molecular complexity index is 436. The summed E-state index contributed by atoms with van der Waals surface area (Å²) in [7, 11) is 0. The molecule has 2 unspecified atom stereocenters. The van der Waals surface area contributed by atoms with Gasteiger partial charge in [0.15, 0.2) is 0 Å². The van der Waals surface area contributed by atoms with E-state index in [1.165, 1.54) is 0 Å². The Balaban J connectivity index is 1.86. The van der Waals surface area contributed by atoms with Gasteiger partial charge in [0.2, 0.25) is 0 Å². The molecule has 0 aromatic heterocycles. The van der Waals surface area contributed by atoms with E-state index in [9.17, 15) is 9.59 Å². The van der Waals surface area contributed by atoms with Crippen LogP contribution in [0.4, 0.5) is 0 Å². The first-order valence-electron chi connectivity index (χ1n) is 8.46. The summed E-state index contributed by atoms with van der Waals surface area (Å²) in [4.78, 5) is 26.3. The molecule has 1 saturated heterocycles. The first kappa shape index (κ1) is 17.3. The number of rotatable bonds is 5. The molecule has 1 saturated carbocycles. The normalized spacial score (nSPS) is 29.5. The molecule has 0 aromatic rings. The number of aliphatic hydroxyl groups is 1. The van der Waals surface area contributed by atoms with Crippen molar-refractivity contribution in [1.82, 2.24) is 10.2 Å². The van der Waals surface area contributed by atoms with E-state index in [-0.39, 0.29) is 29.4 Å². The summed E-state index contributed by atoms with van der Waals surface area (Å²) in [5.41, 5.74) is 0.400. The molecule has 2 atom stereocenters. The zero-order valence-electron chi connectivity index (χ0n) is 14.2. The maximum Gasteiger partial charge on any atom is 0.312 e. The number of nitrogens with one attached hydrogen (secondary N) is 1. The van der Waals surface area contributed by atoms with E-state index in [0.29, 0.717) is 13.1 Å². The minimum Gasteiger partial charge on any atom is -0.396 e. The van der Waals surface area contributed by atoms with E-state index in [4.69, 9.17) is 5.11 Å². The van der Waals surface area contributed by atoms with Gasteiger partial charge >= 0.3 is 11.8 Å². The Hall–Kier alpha value is -1.10. The number of fused-ring (bicyclic) bond motifs is 2. The van der Waals surface area contributed by atoms with Crippen molar-refractivity contribution in [3.8, 4) is 0 Å². The monoisotopic (exact) mass is 310 g/mol. The van der Waals surface area contributed by atoms with Crippen LogP contribution in [0.3, 0.4) is 0 Å². The molecule has 22 heavy (non-hydrogen) atoms. The Morgan fingerprint density at radius 3 is 2.59 bits per heavy atom. The predicted molar refractivity (Wildman–Crippen MR) is 85.2 cm³/mol. The quantitative estimate of drug-likeness (QED) is 0.600. The molecule has 0 radical (unpaired) electrons. The molecule has 0 spiro atoms. The van der Waals surface area contributed by atoms with Gasteiger partial charge in [0.25, 0.3) is 0 Å². The lowest BCUT2D eigenvalue weighted by Gasteiger charge is -2.39. The van der Waals surface area contributed by atoms with E-state index in [1.54, 1.807) is 4.90 Å². The van der Waals surface area contributed by atoms with Crippen LogP contribution in [0.1, 0.15) is 59.3 Å². The highest BCUT2D eigenvalue weighted by Crippen LogP contribution is 2.52. The second-order valence-electron chi connectivity index (χ2n) is 8.19. The first-order chi connectivity index (χ1) is 10.3. The first-order valence-corrected chi connectivity index (χ1v) is 8.46. The lowest BCUT2D eigenvalue weighted by Crippen LogP contribution is -2.46. The highest BCUT2D eigenvalue weighted by Gasteiger charge is 2.51. The van der Waals surface area contributed by atoms with Gasteiger partial charge in [0, 0.05) is 25.7 Å². The Labute approximate surface area is 133 Å². The van der Waals surface area contributed by atoms with Crippen molar-refractivity contribution in [2.24, 2.45) is 10.8 Å². The minimum absolute atomic E-state index is 0.156. The number of hydrogen-bond donors (Lipinski definition) is 2. The van der Waals surface area contributed by atoms with Gasteiger partial charge in [-0.15, -0.1) is 0 Å². The third-order valence-electron chi connectivity index (χ3n) is 4.99. The summed E-state index contributed by atoms with van der Waals surface area (Å²) in [6.45, 7) is 8.14. The van der Waals surface area contributed by atoms with Crippen molar-refractivity contribution in [1.29, 1.82) is 0 Å². The van der Waals surface area contributed by atoms with Crippen LogP contribution in [-0.4, -0.2) is 47.6 Å². The molecule has 2 rings (SSSR count). The summed E-state index contributed by atoms with van der Waals surface area (Å²) in [6, 6.07) is 0.210. The fourth-order valence-corrected chi connectivity index (χ4v) is 4.52. The Kier molecular flexibility index (Phi) is 5.15. The van der Waals surface area contributed by atoms with Crippen LogP contribution in [-0.2, 0) is 9.59 Å². The number of aliphatic hydroxyl groups excluding tert-OH is 1. The van der Waals surface area contributed by atoms with Gasteiger partial charge < -0.3 is 15.3 Å². The largest absolute Gasteiger partial charge is 0.396 e. The maximum absolute atomic E-state index is 12.4. The van der Waals surface area contributed by atoms with E-state index in [2.05, 4.69) is 26.1 Å². The average Bonchev–Trinajstić information content (AvgIpc) is 2.66. The zero-order valence-corrected chi connectivity index (χ0v) is 14.2. The predicted octanol–water partition coefficient (Wildman–Crippen LogP) is 1.69. The minimum atomic E-state index is -0.474. The lowest BCUT2D eigenvalue weighted by atomic mass is 9.65. The molecular weight excluding hydrogens is 280 g/mol. The fourth-order valence-electron chi connectivity index (χ4n) is 4.52. The standard InChI is InChI=1S/C17H30N2O3/c1-16(2)9-13-10-17(3,11-16)12-19(13)15(22)14(21)18-7-5-4-6-8-20/h13,20H,4-12H2,1-3H3,(H,18,21). The van der Waals surface area contributed by atoms with Crippen LogP contribution in [0, 0.1) is 10.8 Å². The molecular formula is C17H30N2O3. The summed E-state index contributed by atoms with van der Waals surface area (Å²) in [5, 5.41) is 11.4. The van der Waals surface area contributed by atoms with Crippen LogP contribution in [0.25, 0.3) is 0 Å². The van der Waals surface area contributed by atoms with Gasteiger partial charge in [-0.25, -0.2) is 0 Å². The van der Waals surface area contributed by atoms with Crippen molar-refractivity contribution in [2.75, 3.05) is 19.7 Å². The SMILES string of the molecule is CC1(C)CC2CC(C)(CN2C(=O)C(=O)NCCCCCO)C1. The maximum atomic E-state index is 12.4. The van der Waals surface area contributed by atoms with Crippen LogP contribution in [0.2, 0.25) is 0 Å². The third-order valence-corrected chi connectivity index (χ3v) is 4.99. The Morgan fingerprint density at radius 2 is 1.91 bits per heavy atom. The number of carbonyl (C=O) groups is 2. The van der Waals surface area contributed by atoms with Gasteiger partial charge in [0.05, 0.1) is 0 Å². The molecule has 0 aromatic carbocycles. The highest BCUT2D eigenvalue weighted by molar-refractivity contribution is 6.35. The molecule has 5 heteroatoms. The van der Waals surface area contributed by atoms with E-state index in [0.717, 1.165) is 38.5 Å². The van der Waals surface area contributed by atoms with Gasteiger partial charge in [-0.05, 0) is 49.4 Å². The van der Waals surface area contributed by atoms with E-state index in [1.807, 2.05) is 0 Å². The molecule has 1 aliphatic carbocycles. The second-order valence-corrected chi connectivity index (χ2v) is 8.19. The molecule has 2 fully saturated rings. The summed E-state index contributed by atoms with van der Waals surface area (Å²) in [5.74, 6) is -0.841. The smallest absolute Gasteiger partial charge is 0.312 e. The molecule has 1 heterocycles. The van der Waals surface area contributed by atoms with Crippen LogP contribution >= 0.6 is 0 Å². The van der Waals surface area contributed by atoms with Crippen molar-refractivity contribution in [3.63, 3.8) is 0 Å². The number of unbranched alkanes of at least 4 members (excludes halogenated alkanes) is 2. The van der Waals surface area contributed by atoms with E-state index < -0.39 is 5.91 Å². The molecule has 2 bridgehead atoms. The third kappa shape index (κ3) is 4.00. The number of likely N-dealkylation sites (tertiary alicyclic amines) is 1. The van der Waals surface area contributed by atoms with Gasteiger partial charge in [-0.3, -0.25) is 9.59 Å². The molecule has 1 aliphatic heterocycles. The van der Waals surface area contributed by atoms with Gasteiger partial charge in [0.1, 0.15) is 0 Å². The molecule has 5 nitrogen and oxygen atoms in total. The zero-order chi connectivity index (χ0) is 16.4. The number of hydrogen-bond acceptors (Lipinski definition) is 3. The molecule has 2 amide bonds. The summed E-state index contributed by atoms with van der Waals surface area (Å²) < 4.78 is 0. The van der Waals surface area contributed by atoms with Crippen molar-refractivity contribution < 1.29 is 14.7 Å². The molecule has 2 aliphatic rings. The van der Waals surface area contributed by atoms with Crippen LogP contribution < -0.4 is 5.32 Å². The van der Waals surface area contributed by atoms with Gasteiger partial charge in [-0.1, -0.05) is 20.8 Å². The van der Waals surface area contributed by atoms with Crippen molar-refractivity contribution >= 4 is 11.8 Å². The molecule has 126 valence electrons. The van der Waals surface area contributed by atoms with Crippen molar-refractivity contribution in [3.05, 3.63) is 0 Å². The number of carbonyl (C=O) groups excluding carboxylic acids is 2. The molecule has 2 N–H and O–H groups in total. The second kappa shape index (κ2) is 6.57. The topological polar surface area (TPSA) is 69.6 Å². The highest BCUT2D eigenvalue weighted by atomic mass is 16.3. The summed E-state index contributed by atoms with van der Waals surface area (Å²) in [6.07, 6.45) is 5.52. The average molecular weight is 310 g/mol. The van der Waals surface area contributed by atoms with Crippen LogP contribution in [0.15, 0.2) is 0 Å². The van der Waals surface area contributed by atoms with Gasteiger partial charge in [-0.2, -0.15) is 0 Å². The summed E-state index contributed by atoms with van der Waals surface area (Å²) >= 11 is 0. The number of nitrogens with zero attached hydrogens (tertiary/aromatic N) is 1. The van der Waals surface area contributed by atoms with Crippen LogP contribution in [0.5, 0.6) is 0 Å². The van der Waals surface area contributed by atoms with E-state index >= 15 is 0 Å². The fraction of sp³-hybridized carbons (Fsp3) is 0.882. The Morgan fingerprint density at radius 1 is 1.18 bits per heavy atom.